The van der Waals surface area contributed by atoms with Crippen molar-refractivity contribution >= 4 is 32.5 Å². The number of rotatable bonds is 2. The number of halogens is 1. The fourth-order valence-electron chi connectivity index (χ4n) is 1.73. The van der Waals surface area contributed by atoms with Gasteiger partial charge in [-0.2, -0.15) is 0 Å². The molecule has 1 aromatic carbocycles. The van der Waals surface area contributed by atoms with Crippen molar-refractivity contribution in [3.63, 3.8) is 0 Å². The molecule has 0 atom stereocenters. The Morgan fingerprint density at radius 3 is 2.75 bits per heavy atom. The minimum atomic E-state index is 0.336. The lowest BCUT2D eigenvalue weighted by atomic mass is 10.1. The Balaban J connectivity index is 2.76. The number of nitrogens with one attached hydrogen (secondary N) is 1. The summed E-state index contributed by atoms with van der Waals surface area (Å²) < 4.78 is 1.01. The Morgan fingerprint density at radius 2 is 2.12 bits per heavy atom. The van der Waals surface area contributed by atoms with Gasteiger partial charge in [-0.25, -0.2) is 4.98 Å². The molecule has 0 amide bonds. The Morgan fingerprint density at radius 1 is 1.38 bits per heavy atom. The summed E-state index contributed by atoms with van der Waals surface area (Å²) in [4.78, 5) is 4.66. The van der Waals surface area contributed by atoms with Crippen LogP contribution in [0.2, 0.25) is 0 Å². The largest absolute Gasteiger partial charge is 0.322 e. The van der Waals surface area contributed by atoms with E-state index in [1.54, 1.807) is 0 Å². The molecule has 0 aliphatic carbocycles. The van der Waals surface area contributed by atoms with Crippen LogP contribution in [0.15, 0.2) is 28.7 Å². The maximum absolute atomic E-state index is 5.52. The lowest BCUT2D eigenvalue weighted by Gasteiger charge is -2.13. The van der Waals surface area contributed by atoms with Crippen molar-refractivity contribution < 1.29 is 0 Å². The van der Waals surface area contributed by atoms with Gasteiger partial charge in [0.05, 0.1) is 16.9 Å². The number of nitrogens with two attached hydrogens (primary N) is 1. The van der Waals surface area contributed by atoms with Gasteiger partial charge in [0.2, 0.25) is 0 Å². The molecule has 2 rings (SSSR count). The zero-order chi connectivity index (χ0) is 11.7. The van der Waals surface area contributed by atoms with Gasteiger partial charge in [-0.3, -0.25) is 5.84 Å². The summed E-state index contributed by atoms with van der Waals surface area (Å²) in [5.74, 6) is 5.85. The van der Waals surface area contributed by atoms with Crippen LogP contribution in [0.3, 0.4) is 0 Å². The maximum Gasteiger partial charge on any atom is 0.0849 e. The second-order valence-electron chi connectivity index (χ2n) is 4.03. The molecule has 2 aromatic rings. The third-order valence-electron chi connectivity index (χ3n) is 2.53. The lowest BCUT2D eigenvalue weighted by molar-refractivity contribution is 0.830. The summed E-state index contributed by atoms with van der Waals surface area (Å²) in [6.07, 6.45) is 0. The number of para-hydroxylation sites is 1. The van der Waals surface area contributed by atoms with Crippen molar-refractivity contribution in [2.45, 2.75) is 19.8 Å². The molecule has 1 aromatic heterocycles. The summed E-state index contributed by atoms with van der Waals surface area (Å²) in [6.45, 7) is 4.21. The van der Waals surface area contributed by atoms with E-state index in [1.807, 2.05) is 24.3 Å². The molecule has 0 radical (unpaired) electrons. The van der Waals surface area contributed by atoms with Crippen molar-refractivity contribution in [3.05, 3.63) is 34.4 Å². The summed E-state index contributed by atoms with van der Waals surface area (Å²) in [7, 11) is 0. The third kappa shape index (κ3) is 1.90. The van der Waals surface area contributed by atoms with E-state index in [1.165, 1.54) is 0 Å². The molecule has 1 heterocycles. The van der Waals surface area contributed by atoms with Gasteiger partial charge >= 0.3 is 0 Å². The standard InChI is InChI=1S/C12H14BrN3/c1-7(2)11-10(16-14)6-8-4-3-5-9(13)12(8)15-11/h3-7,16H,14H2,1-2H3. The van der Waals surface area contributed by atoms with Crippen molar-refractivity contribution in [1.82, 2.24) is 4.98 Å². The quantitative estimate of drug-likeness (QED) is 0.654. The first-order valence-electron chi connectivity index (χ1n) is 5.19. The van der Waals surface area contributed by atoms with Gasteiger partial charge in [0, 0.05) is 9.86 Å². The van der Waals surface area contributed by atoms with Crippen LogP contribution < -0.4 is 11.3 Å². The second kappa shape index (κ2) is 4.39. The minimum absolute atomic E-state index is 0.336. The predicted octanol–water partition coefficient (Wildman–Crippen LogP) is 3.41. The van der Waals surface area contributed by atoms with E-state index in [0.29, 0.717) is 5.92 Å². The number of pyridine rings is 1. The molecular formula is C12H14BrN3. The predicted molar refractivity (Wildman–Crippen MR) is 71.3 cm³/mol. The topological polar surface area (TPSA) is 50.9 Å². The minimum Gasteiger partial charge on any atom is -0.322 e. The van der Waals surface area contributed by atoms with Gasteiger partial charge < -0.3 is 5.43 Å². The van der Waals surface area contributed by atoms with E-state index in [2.05, 4.69) is 40.2 Å². The highest BCUT2D eigenvalue weighted by Crippen LogP contribution is 2.29. The van der Waals surface area contributed by atoms with Crippen LogP contribution >= 0.6 is 15.9 Å². The van der Waals surface area contributed by atoms with E-state index < -0.39 is 0 Å². The molecule has 0 aliphatic heterocycles. The Kier molecular flexibility index (Phi) is 3.12. The van der Waals surface area contributed by atoms with Gasteiger partial charge in [-0.15, -0.1) is 0 Å². The highest BCUT2D eigenvalue weighted by Gasteiger charge is 2.10. The number of hydrogen-bond acceptors (Lipinski definition) is 3. The van der Waals surface area contributed by atoms with E-state index >= 15 is 0 Å². The molecule has 3 N–H and O–H groups in total. The average molecular weight is 280 g/mol. The highest BCUT2D eigenvalue weighted by atomic mass is 79.9. The van der Waals surface area contributed by atoms with Gasteiger partial charge in [0.15, 0.2) is 0 Å². The zero-order valence-corrected chi connectivity index (χ0v) is 10.9. The first-order chi connectivity index (χ1) is 7.63. The van der Waals surface area contributed by atoms with Crippen LogP contribution in [0, 0.1) is 0 Å². The zero-order valence-electron chi connectivity index (χ0n) is 9.29. The first-order valence-corrected chi connectivity index (χ1v) is 5.98. The molecular weight excluding hydrogens is 266 g/mol. The number of aromatic nitrogens is 1. The molecule has 0 saturated carbocycles. The molecule has 84 valence electrons. The number of fused-ring (bicyclic) bond motifs is 1. The SMILES string of the molecule is CC(C)c1nc2c(Br)cccc2cc1NN. The van der Waals surface area contributed by atoms with Crippen LogP contribution in [0.1, 0.15) is 25.5 Å². The Bertz CT molecular complexity index is 523. The molecule has 4 heteroatoms. The van der Waals surface area contributed by atoms with Crippen molar-refractivity contribution in [1.29, 1.82) is 0 Å². The van der Waals surface area contributed by atoms with Crippen LogP contribution in [-0.4, -0.2) is 4.98 Å². The summed E-state index contributed by atoms with van der Waals surface area (Å²) in [5, 5.41) is 1.08. The first kappa shape index (κ1) is 11.4. The number of hydrazine groups is 1. The number of hydrogen-bond donors (Lipinski definition) is 2. The highest BCUT2D eigenvalue weighted by molar-refractivity contribution is 9.10. The fourth-order valence-corrected chi connectivity index (χ4v) is 2.20. The number of nitrogens with zero attached hydrogens (tertiary/aromatic N) is 1. The van der Waals surface area contributed by atoms with Gasteiger partial charge in [0.1, 0.15) is 0 Å². The van der Waals surface area contributed by atoms with Crippen LogP contribution in [0.5, 0.6) is 0 Å². The Hall–Kier alpha value is -1.13. The van der Waals surface area contributed by atoms with Crippen molar-refractivity contribution in [3.8, 4) is 0 Å². The van der Waals surface area contributed by atoms with Gasteiger partial charge in [-0.1, -0.05) is 26.0 Å². The summed E-state index contributed by atoms with van der Waals surface area (Å²) in [6, 6.07) is 8.04. The molecule has 0 saturated heterocycles. The molecule has 0 bridgehead atoms. The van der Waals surface area contributed by atoms with E-state index in [-0.39, 0.29) is 0 Å². The van der Waals surface area contributed by atoms with Crippen molar-refractivity contribution in [2.24, 2.45) is 5.84 Å². The van der Waals surface area contributed by atoms with Gasteiger partial charge in [0.25, 0.3) is 0 Å². The number of nitrogen functional groups attached to an aromatic ring is 1. The molecule has 0 fully saturated rings. The Labute approximate surface area is 103 Å². The van der Waals surface area contributed by atoms with Crippen LogP contribution in [0.25, 0.3) is 10.9 Å². The summed E-state index contributed by atoms with van der Waals surface area (Å²) in [5.41, 5.74) is 5.57. The van der Waals surface area contributed by atoms with E-state index in [4.69, 9.17) is 5.84 Å². The smallest absolute Gasteiger partial charge is 0.0849 e. The number of anilines is 1. The normalized spacial score (nSPS) is 11.1. The van der Waals surface area contributed by atoms with E-state index in [9.17, 15) is 0 Å². The molecule has 3 nitrogen and oxygen atoms in total. The van der Waals surface area contributed by atoms with Crippen LogP contribution in [-0.2, 0) is 0 Å². The second-order valence-corrected chi connectivity index (χ2v) is 4.89. The van der Waals surface area contributed by atoms with E-state index in [0.717, 1.165) is 26.8 Å². The number of benzene rings is 1. The molecule has 16 heavy (non-hydrogen) atoms. The lowest BCUT2D eigenvalue weighted by Crippen LogP contribution is -2.11. The molecule has 0 spiro atoms. The third-order valence-corrected chi connectivity index (χ3v) is 3.17. The summed E-state index contributed by atoms with van der Waals surface area (Å²) >= 11 is 3.51. The van der Waals surface area contributed by atoms with Gasteiger partial charge in [-0.05, 0) is 34.0 Å². The monoisotopic (exact) mass is 279 g/mol. The average Bonchev–Trinajstić information content (AvgIpc) is 2.27. The van der Waals surface area contributed by atoms with Crippen molar-refractivity contribution in [2.75, 3.05) is 5.43 Å². The maximum atomic E-state index is 5.52. The fraction of sp³-hybridized carbons (Fsp3) is 0.250. The molecule has 0 aliphatic rings. The molecule has 0 unspecified atom stereocenters. The van der Waals surface area contributed by atoms with Crippen LogP contribution in [0.4, 0.5) is 5.69 Å².